The van der Waals surface area contributed by atoms with Crippen molar-refractivity contribution in [1.82, 2.24) is 10.2 Å². The Kier molecular flexibility index (Phi) is 10.6. The first-order valence-corrected chi connectivity index (χ1v) is 14.8. The third-order valence-corrected chi connectivity index (χ3v) is 7.78. The highest BCUT2D eigenvalue weighted by Gasteiger charge is 2.54. The Morgan fingerprint density at radius 2 is 1.90 bits per heavy atom. The van der Waals surface area contributed by atoms with E-state index in [-0.39, 0.29) is 24.6 Å². The third-order valence-electron chi connectivity index (χ3n) is 5.52. The number of fused-ring (bicyclic) bond motifs is 1. The van der Waals surface area contributed by atoms with Gasteiger partial charge in [0.2, 0.25) is 0 Å². The van der Waals surface area contributed by atoms with Crippen molar-refractivity contribution in [2.24, 2.45) is 5.16 Å². The van der Waals surface area contributed by atoms with Crippen LogP contribution in [0.3, 0.4) is 0 Å². The molecule has 2 heterocycles. The summed E-state index contributed by atoms with van der Waals surface area (Å²) in [6.45, 7) is 7.04. The van der Waals surface area contributed by atoms with Gasteiger partial charge >= 0.3 is 11.9 Å². The highest BCUT2D eigenvalue weighted by molar-refractivity contribution is 14.1. The molecule has 0 saturated carbocycles. The van der Waals surface area contributed by atoms with Gasteiger partial charge in [0.1, 0.15) is 41.7 Å². The molecule has 212 valence electrons. The number of halogens is 1. The lowest BCUT2D eigenvalue weighted by Gasteiger charge is -2.49. The summed E-state index contributed by atoms with van der Waals surface area (Å²) in [5.74, 6) is -1.25. The minimum Gasteiger partial charge on any atom is -0.497 e. The largest absolute Gasteiger partial charge is 0.497 e. The average molecular weight is 674 g/mol. The zero-order chi connectivity index (χ0) is 28.7. The molecule has 11 nitrogen and oxygen atoms in total. The lowest BCUT2D eigenvalue weighted by Crippen LogP contribution is -2.71. The van der Waals surface area contributed by atoms with Gasteiger partial charge in [-0.1, -0.05) is 39.9 Å². The van der Waals surface area contributed by atoms with Crippen molar-refractivity contribution in [3.8, 4) is 5.75 Å². The Bertz CT molecular complexity index is 1160. The summed E-state index contributed by atoms with van der Waals surface area (Å²) >= 11 is 3.58. The van der Waals surface area contributed by atoms with E-state index >= 15 is 0 Å². The lowest BCUT2D eigenvalue weighted by molar-refractivity contribution is -0.154. The minimum absolute atomic E-state index is 0.0305. The van der Waals surface area contributed by atoms with Gasteiger partial charge < -0.3 is 24.4 Å². The number of carbonyl (C=O) groups excluding carboxylic acids is 4. The van der Waals surface area contributed by atoms with Gasteiger partial charge in [-0.25, -0.2) is 4.79 Å². The summed E-state index contributed by atoms with van der Waals surface area (Å²) in [6, 6.07) is 6.21. The smallest absolute Gasteiger partial charge is 0.355 e. The summed E-state index contributed by atoms with van der Waals surface area (Å²) in [7, 11) is 1.57. The van der Waals surface area contributed by atoms with Gasteiger partial charge in [-0.15, -0.1) is 11.8 Å². The van der Waals surface area contributed by atoms with E-state index in [0.29, 0.717) is 15.9 Å². The van der Waals surface area contributed by atoms with E-state index in [1.54, 1.807) is 59.1 Å². The fourth-order valence-corrected chi connectivity index (χ4v) is 6.09. The number of nitrogens with zero attached hydrogens (tertiary/aromatic N) is 2. The molecule has 1 aromatic carbocycles. The van der Waals surface area contributed by atoms with Crippen LogP contribution < -0.4 is 10.1 Å². The number of carbonyl (C=O) groups is 4. The maximum absolute atomic E-state index is 13.2. The molecule has 1 N–H and O–H groups in total. The number of alkyl halides is 1. The van der Waals surface area contributed by atoms with E-state index in [1.165, 1.54) is 16.7 Å². The zero-order valence-corrected chi connectivity index (χ0v) is 25.4. The highest BCUT2D eigenvalue weighted by Crippen LogP contribution is 2.41. The second-order valence-corrected chi connectivity index (χ2v) is 11.5. The second kappa shape index (κ2) is 13.5. The number of benzene rings is 1. The molecule has 0 radical (unpaired) electrons. The summed E-state index contributed by atoms with van der Waals surface area (Å²) in [5.41, 5.74) is 0.802. The molecule has 2 aliphatic rings. The minimum atomic E-state index is -0.909. The number of esters is 2. The van der Waals surface area contributed by atoms with Gasteiger partial charge in [0.05, 0.1) is 13.5 Å². The maximum Gasteiger partial charge on any atom is 0.355 e. The fraction of sp³-hybridized carbons (Fsp3) is 0.500. The first-order valence-electron chi connectivity index (χ1n) is 12.2. The van der Waals surface area contributed by atoms with Crippen molar-refractivity contribution in [2.45, 2.75) is 57.7 Å². The van der Waals surface area contributed by atoms with Gasteiger partial charge in [0, 0.05) is 10.2 Å². The van der Waals surface area contributed by atoms with E-state index in [2.05, 4.69) is 33.1 Å². The lowest BCUT2D eigenvalue weighted by atomic mass is 10.0. The quantitative estimate of drug-likeness (QED) is 0.0941. The molecule has 2 aliphatic heterocycles. The predicted molar refractivity (Wildman–Crippen MR) is 153 cm³/mol. The molecule has 1 aromatic rings. The van der Waals surface area contributed by atoms with Crippen LogP contribution in [0.2, 0.25) is 0 Å². The summed E-state index contributed by atoms with van der Waals surface area (Å²) in [6.07, 6.45) is -0.423. The number of β-lactam (4-membered cyclic amide) rings is 1. The highest BCUT2D eigenvalue weighted by atomic mass is 127. The van der Waals surface area contributed by atoms with E-state index in [9.17, 15) is 19.2 Å². The molecule has 2 unspecified atom stereocenters. The Labute approximate surface area is 245 Å². The van der Waals surface area contributed by atoms with Crippen LogP contribution in [0.4, 0.5) is 0 Å². The van der Waals surface area contributed by atoms with Gasteiger partial charge in [0.25, 0.3) is 11.8 Å². The number of hydrogen-bond acceptors (Lipinski definition) is 10. The predicted octanol–water partition coefficient (Wildman–Crippen LogP) is 2.95. The Morgan fingerprint density at radius 3 is 2.49 bits per heavy atom. The third kappa shape index (κ3) is 7.87. The van der Waals surface area contributed by atoms with Gasteiger partial charge in [-0.2, -0.15) is 0 Å². The Morgan fingerprint density at radius 1 is 1.21 bits per heavy atom. The van der Waals surface area contributed by atoms with Crippen molar-refractivity contribution in [2.75, 3.05) is 23.9 Å². The normalized spacial score (nSPS) is 19.1. The van der Waals surface area contributed by atoms with Crippen LogP contribution in [0, 0.1) is 0 Å². The van der Waals surface area contributed by atoms with Crippen molar-refractivity contribution in [3.63, 3.8) is 0 Å². The summed E-state index contributed by atoms with van der Waals surface area (Å²) in [5, 5.41) is 5.90. The SMILES string of the molecule is CCON=C(CC(=O)OC(C)(C)C)C(=O)NC1C(=O)N2C(C(=O)OCc3ccc(OC)cc3)=C(CI)CSC12. The molecule has 0 aliphatic carbocycles. The Hall–Kier alpha value is -2.81. The molecular weight excluding hydrogens is 641 g/mol. The van der Waals surface area contributed by atoms with E-state index in [4.69, 9.17) is 19.0 Å². The molecule has 0 aromatic heterocycles. The molecular formula is C26H32IN3O8S. The summed E-state index contributed by atoms with van der Waals surface area (Å²) < 4.78 is 16.5. The van der Waals surface area contributed by atoms with Gasteiger partial charge in [-0.05, 0) is 51.0 Å². The van der Waals surface area contributed by atoms with Crippen LogP contribution >= 0.6 is 34.4 Å². The van der Waals surface area contributed by atoms with Crippen molar-refractivity contribution < 1.29 is 38.2 Å². The van der Waals surface area contributed by atoms with Crippen LogP contribution in [0.15, 0.2) is 40.7 Å². The van der Waals surface area contributed by atoms with Crippen LogP contribution in [0.5, 0.6) is 5.75 Å². The Balaban J connectivity index is 1.69. The number of amides is 2. The molecule has 3 rings (SSSR count). The number of thioether (sulfide) groups is 1. The first kappa shape index (κ1) is 30.7. The first-order chi connectivity index (χ1) is 18.5. The van der Waals surface area contributed by atoms with E-state index in [1.807, 2.05) is 0 Å². The van der Waals surface area contributed by atoms with Crippen molar-refractivity contribution in [1.29, 1.82) is 0 Å². The fourth-order valence-electron chi connectivity index (χ4n) is 3.75. The number of methoxy groups -OCH3 is 1. The zero-order valence-electron chi connectivity index (χ0n) is 22.4. The molecule has 13 heteroatoms. The molecule has 0 bridgehead atoms. The number of rotatable bonds is 11. The monoisotopic (exact) mass is 673 g/mol. The van der Waals surface area contributed by atoms with Gasteiger partial charge in [0.15, 0.2) is 5.71 Å². The van der Waals surface area contributed by atoms with Crippen LogP contribution in [-0.2, 0) is 40.1 Å². The van der Waals surface area contributed by atoms with E-state index < -0.39 is 47.2 Å². The maximum atomic E-state index is 13.2. The molecule has 39 heavy (non-hydrogen) atoms. The van der Waals surface area contributed by atoms with Crippen LogP contribution in [0.1, 0.15) is 39.7 Å². The van der Waals surface area contributed by atoms with Crippen LogP contribution in [0.25, 0.3) is 0 Å². The van der Waals surface area contributed by atoms with Crippen molar-refractivity contribution in [3.05, 3.63) is 41.1 Å². The molecule has 2 amide bonds. The topological polar surface area (TPSA) is 133 Å². The van der Waals surface area contributed by atoms with Gasteiger partial charge in [-0.3, -0.25) is 19.3 Å². The molecule has 1 saturated heterocycles. The molecule has 1 fully saturated rings. The second-order valence-electron chi connectivity index (χ2n) is 9.59. The van der Waals surface area contributed by atoms with E-state index in [0.717, 1.165) is 11.1 Å². The number of oxime groups is 1. The van der Waals surface area contributed by atoms with Crippen LogP contribution in [-0.4, -0.2) is 75.3 Å². The number of ether oxygens (including phenoxy) is 3. The number of nitrogens with one attached hydrogen (secondary N) is 1. The molecule has 2 atom stereocenters. The number of hydrogen-bond donors (Lipinski definition) is 1. The van der Waals surface area contributed by atoms with Crippen molar-refractivity contribution >= 4 is 63.8 Å². The summed E-state index contributed by atoms with van der Waals surface area (Å²) in [4.78, 5) is 58.0. The average Bonchev–Trinajstić information content (AvgIpc) is 2.90. The molecule has 0 spiro atoms. The standard InChI is InChI=1S/C26H32IN3O8S/c1-6-37-29-18(11-19(31)38-26(2,3)4)22(32)28-20-23(33)30-21(16(12-27)14-39-24(20)30)25(34)36-13-15-7-9-17(35-5)10-8-15/h7-10,20,24H,6,11-14H2,1-5H3,(H,28,32).